The van der Waals surface area contributed by atoms with Crippen molar-refractivity contribution in [2.75, 3.05) is 0 Å². The van der Waals surface area contributed by atoms with Gasteiger partial charge in [0, 0.05) is 13.1 Å². The molecule has 14 heavy (non-hydrogen) atoms. The van der Waals surface area contributed by atoms with Gasteiger partial charge in [0.05, 0.1) is 16.6 Å². The summed E-state index contributed by atoms with van der Waals surface area (Å²) in [5.74, 6) is -1.11. The van der Waals surface area contributed by atoms with Crippen molar-refractivity contribution in [1.82, 2.24) is 9.78 Å². The number of nitrogens with zero attached hydrogens (tertiary/aromatic N) is 2. The Bertz CT molecular complexity index is 488. The van der Waals surface area contributed by atoms with Crippen molar-refractivity contribution in [3.8, 4) is 0 Å². The molecule has 2 rings (SSSR count). The average molecular weight is 196 g/mol. The zero-order chi connectivity index (χ0) is 10.3. The predicted molar refractivity (Wildman–Crippen MR) is 50.0 cm³/mol. The van der Waals surface area contributed by atoms with Crippen LogP contribution in [0.2, 0.25) is 0 Å². The molecule has 0 aliphatic carbocycles. The molecule has 0 saturated carbocycles. The molecule has 2 aromatic rings. The quantitative estimate of drug-likeness (QED) is 0.684. The maximum Gasteiger partial charge on any atom is 0.137 e. The Morgan fingerprint density at radius 2 is 2.07 bits per heavy atom. The topological polar surface area (TPSA) is 17.8 Å². The molecule has 74 valence electrons. The lowest BCUT2D eigenvalue weighted by Crippen LogP contribution is -1.90. The van der Waals surface area contributed by atoms with E-state index in [-0.39, 0.29) is 0 Å². The first-order valence-corrected chi connectivity index (χ1v) is 4.44. The molecule has 0 N–H and O–H groups in total. The summed E-state index contributed by atoms with van der Waals surface area (Å²) in [5, 5.41) is 4.55. The van der Waals surface area contributed by atoms with E-state index >= 15 is 0 Å². The Balaban J connectivity index is 2.89. The molecule has 0 radical (unpaired) electrons. The number of benzene rings is 1. The standard InChI is InChI=1S/C10H10F2N2/c1-3-8-10-7(12)4-6(11)5-9(10)14(2)13-8/h4-5H,3H2,1-2H3. The molecule has 0 fully saturated rings. The normalized spacial score (nSPS) is 11.1. The second-order valence-corrected chi connectivity index (χ2v) is 3.21. The van der Waals surface area contributed by atoms with Gasteiger partial charge < -0.3 is 0 Å². The van der Waals surface area contributed by atoms with Crippen LogP contribution >= 0.6 is 0 Å². The molecule has 0 aliphatic rings. The Morgan fingerprint density at radius 1 is 1.36 bits per heavy atom. The molecule has 4 heteroatoms. The maximum absolute atomic E-state index is 13.4. The maximum atomic E-state index is 13.4. The van der Waals surface area contributed by atoms with Gasteiger partial charge in [-0.1, -0.05) is 6.92 Å². The summed E-state index contributed by atoms with van der Waals surface area (Å²) < 4.78 is 27.8. The molecule has 0 aliphatic heterocycles. The average Bonchev–Trinajstić information content (AvgIpc) is 2.43. The zero-order valence-corrected chi connectivity index (χ0v) is 8.01. The summed E-state index contributed by atoms with van der Waals surface area (Å²) in [5.41, 5.74) is 1.17. The van der Waals surface area contributed by atoms with Crippen LogP contribution in [0.3, 0.4) is 0 Å². The molecular weight excluding hydrogens is 186 g/mol. The zero-order valence-electron chi connectivity index (χ0n) is 8.01. The third-order valence-corrected chi connectivity index (χ3v) is 2.28. The van der Waals surface area contributed by atoms with Crippen LogP contribution in [0.1, 0.15) is 12.6 Å². The van der Waals surface area contributed by atoms with E-state index in [0.717, 1.165) is 6.07 Å². The minimum atomic E-state index is -0.569. The highest BCUT2D eigenvalue weighted by molar-refractivity contribution is 5.82. The molecule has 0 bridgehead atoms. The van der Waals surface area contributed by atoms with E-state index in [0.29, 0.717) is 23.0 Å². The molecule has 1 aromatic heterocycles. The van der Waals surface area contributed by atoms with Crippen molar-refractivity contribution in [2.24, 2.45) is 7.05 Å². The van der Waals surface area contributed by atoms with Crippen LogP contribution in [-0.4, -0.2) is 9.78 Å². The minimum Gasteiger partial charge on any atom is -0.267 e. The van der Waals surface area contributed by atoms with Gasteiger partial charge in [0.25, 0.3) is 0 Å². The SMILES string of the molecule is CCc1nn(C)c2cc(F)cc(F)c12. The summed E-state index contributed by atoms with van der Waals surface area (Å²) in [4.78, 5) is 0. The van der Waals surface area contributed by atoms with Crippen molar-refractivity contribution in [3.05, 3.63) is 29.5 Å². The predicted octanol–water partition coefficient (Wildman–Crippen LogP) is 2.41. The Hall–Kier alpha value is -1.45. The van der Waals surface area contributed by atoms with Gasteiger partial charge in [0.2, 0.25) is 0 Å². The van der Waals surface area contributed by atoms with E-state index < -0.39 is 11.6 Å². The van der Waals surface area contributed by atoms with Crippen molar-refractivity contribution in [2.45, 2.75) is 13.3 Å². The third kappa shape index (κ3) is 1.18. The van der Waals surface area contributed by atoms with Crippen LogP contribution in [0.25, 0.3) is 10.9 Å². The molecule has 0 amide bonds. The first kappa shape index (κ1) is 9.12. The van der Waals surface area contributed by atoms with Gasteiger partial charge in [-0.15, -0.1) is 0 Å². The van der Waals surface area contributed by atoms with Crippen LogP contribution in [-0.2, 0) is 13.5 Å². The Labute approximate surface area is 80.1 Å². The number of rotatable bonds is 1. The van der Waals surface area contributed by atoms with Crippen LogP contribution in [0.15, 0.2) is 12.1 Å². The van der Waals surface area contributed by atoms with Gasteiger partial charge in [-0.05, 0) is 12.5 Å². The highest BCUT2D eigenvalue weighted by atomic mass is 19.1. The van der Waals surface area contributed by atoms with Crippen molar-refractivity contribution >= 4 is 10.9 Å². The number of aromatic nitrogens is 2. The fraction of sp³-hybridized carbons (Fsp3) is 0.300. The first-order valence-electron chi connectivity index (χ1n) is 4.44. The molecule has 1 heterocycles. The second-order valence-electron chi connectivity index (χ2n) is 3.21. The van der Waals surface area contributed by atoms with Crippen molar-refractivity contribution < 1.29 is 8.78 Å². The van der Waals surface area contributed by atoms with E-state index in [4.69, 9.17) is 0 Å². The lowest BCUT2D eigenvalue weighted by Gasteiger charge is -1.96. The summed E-state index contributed by atoms with van der Waals surface area (Å²) >= 11 is 0. The second kappa shape index (κ2) is 3.04. The molecule has 0 atom stereocenters. The third-order valence-electron chi connectivity index (χ3n) is 2.28. The fourth-order valence-electron chi connectivity index (χ4n) is 1.63. The van der Waals surface area contributed by atoms with E-state index in [9.17, 15) is 8.78 Å². The van der Waals surface area contributed by atoms with Gasteiger partial charge in [0.1, 0.15) is 11.6 Å². The molecular formula is C10H10F2N2. The summed E-state index contributed by atoms with van der Waals surface area (Å²) in [6, 6.07) is 2.19. The fourth-order valence-corrected chi connectivity index (χ4v) is 1.63. The number of hydrogen-bond donors (Lipinski definition) is 0. The molecule has 2 nitrogen and oxygen atoms in total. The highest BCUT2D eigenvalue weighted by Gasteiger charge is 2.12. The van der Waals surface area contributed by atoms with Crippen molar-refractivity contribution in [3.63, 3.8) is 0 Å². The summed E-state index contributed by atoms with van der Waals surface area (Å²) in [6.45, 7) is 1.89. The first-order chi connectivity index (χ1) is 6.63. The molecule has 1 aromatic carbocycles. The summed E-state index contributed by atoms with van der Waals surface area (Å²) in [6.07, 6.45) is 0.639. The van der Waals surface area contributed by atoms with Gasteiger partial charge >= 0.3 is 0 Å². The summed E-state index contributed by atoms with van der Waals surface area (Å²) in [7, 11) is 1.68. The van der Waals surface area contributed by atoms with Gasteiger partial charge in [-0.25, -0.2) is 8.78 Å². The largest absolute Gasteiger partial charge is 0.267 e. The van der Waals surface area contributed by atoms with E-state index in [1.807, 2.05) is 6.92 Å². The van der Waals surface area contributed by atoms with E-state index in [2.05, 4.69) is 5.10 Å². The van der Waals surface area contributed by atoms with Gasteiger partial charge in [0.15, 0.2) is 0 Å². The van der Waals surface area contributed by atoms with Crippen LogP contribution < -0.4 is 0 Å². The number of fused-ring (bicyclic) bond motifs is 1. The van der Waals surface area contributed by atoms with Crippen molar-refractivity contribution in [1.29, 1.82) is 0 Å². The number of hydrogen-bond acceptors (Lipinski definition) is 1. The Morgan fingerprint density at radius 3 is 2.71 bits per heavy atom. The van der Waals surface area contributed by atoms with Gasteiger partial charge in [-0.3, -0.25) is 4.68 Å². The highest BCUT2D eigenvalue weighted by Crippen LogP contribution is 2.22. The lowest BCUT2D eigenvalue weighted by atomic mass is 10.1. The molecule has 0 spiro atoms. The molecule has 0 saturated heterocycles. The molecule has 0 unspecified atom stereocenters. The van der Waals surface area contributed by atoms with E-state index in [1.54, 1.807) is 7.05 Å². The lowest BCUT2D eigenvalue weighted by molar-refractivity contribution is 0.591. The number of aryl methyl sites for hydroxylation is 2. The van der Waals surface area contributed by atoms with Crippen LogP contribution in [0.5, 0.6) is 0 Å². The van der Waals surface area contributed by atoms with Gasteiger partial charge in [-0.2, -0.15) is 5.10 Å². The van der Waals surface area contributed by atoms with Crippen LogP contribution in [0.4, 0.5) is 8.78 Å². The minimum absolute atomic E-state index is 0.427. The smallest absolute Gasteiger partial charge is 0.137 e. The number of halogens is 2. The monoisotopic (exact) mass is 196 g/mol. The van der Waals surface area contributed by atoms with E-state index in [1.165, 1.54) is 10.7 Å². The Kier molecular flexibility index (Phi) is 1.98. The van der Waals surface area contributed by atoms with Crippen LogP contribution in [0, 0.1) is 11.6 Å².